The third-order valence-electron chi connectivity index (χ3n) is 7.56. The van der Waals surface area contributed by atoms with Crippen LogP contribution in [-0.4, -0.2) is 26.5 Å². The molecule has 4 rings (SSSR count). The lowest BCUT2D eigenvalue weighted by Gasteiger charge is -2.55. The Morgan fingerprint density at radius 1 is 0.909 bits per heavy atom. The molecule has 0 amide bonds. The van der Waals surface area contributed by atoms with Crippen molar-refractivity contribution < 1.29 is 14.3 Å². The third-order valence-corrected chi connectivity index (χ3v) is 24.0. The predicted molar refractivity (Wildman–Crippen MR) is 140 cm³/mol. The summed E-state index contributed by atoms with van der Waals surface area (Å²) >= 11 is 0. The first-order valence-electron chi connectivity index (χ1n) is 11.6. The molecule has 1 fully saturated rings. The summed E-state index contributed by atoms with van der Waals surface area (Å²) < 4.78 is 7.55. The minimum absolute atomic E-state index is 0.427. The van der Waals surface area contributed by atoms with Crippen LogP contribution in [0.5, 0.6) is 0 Å². The molecule has 3 aromatic carbocycles. The van der Waals surface area contributed by atoms with Crippen LogP contribution in [0.3, 0.4) is 0 Å². The average Bonchev–Trinajstić information content (AvgIpc) is 2.86. The Morgan fingerprint density at radius 2 is 1.39 bits per heavy atom. The van der Waals surface area contributed by atoms with Crippen LogP contribution in [0.25, 0.3) is 0 Å². The zero-order valence-electron chi connectivity index (χ0n) is 19.6. The van der Waals surface area contributed by atoms with Gasteiger partial charge in [0.05, 0.1) is 7.59 Å². The van der Waals surface area contributed by atoms with Gasteiger partial charge < -0.3 is 9.53 Å². The fraction of sp³-hybridized carbons (Fsp3) is 0.250. The van der Waals surface area contributed by atoms with Gasteiger partial charge in [-0.1, -0.05) is 110 Å². The van der Waals surface area contributed by atoms with E-state index in [2.05, 4.69) is 104 Å². The minimum atomic E-state index is -2.47. The lowest BCUT2D eigenvalue weighted by molar-refractivity contribution is -0.132. The van der Waals surface area contributed by atoms with Crippen molar-refractivity contribution in [1.29, 1.82) is 0 Å². The highest BCUT2D eigenvalue weighted by molar-refractivity contribution is 7.44. The Kier molecular flexibility index (Phi) is 6.57. The van der Waals surface area contributed by atoms with Crippen LogP contribution in [0.15, 0.2) is 103 Å². The quantitative estimate of drug-likeness (QED) is 0.352. The Bertz CT molecular complexity index is 1090. The molecule has 33 heavy (non-hydrogen) atoms. The van der Waals surface area contributed by atoms with Gasteiger partial charge in [0.25, 0.3) is 0 Å². The molecule has 5 heteroatoms. The summed E-state index contributed by atoms with van der Waals surface area (Å²) in [7, 11) is -4.48. The molecule has 0 saturated carbocycles. The van der Waals surface area contributed by atoms with Gasteiger partial charge in [0.15, 0.2) is 0 Å². The summed E-state index contributed by atoms with van der Waals surface area (Å²) in [6, 6.07) is 33.8. The number of hydrogen-bond acceptors (Lipinski definition) is 2. The number of carboxylic acids is 1. The van der Waals surface area contributed by atoms with E-state index in [1.54, 1.807) is 6.92 Å². The van der Waals surface area contributed by atoms with Crippen molar-refractivity contribution in [3.63, 3.8) is 0 Å². The van der Waals surface area contributed by atoms with E-state index < -0.39 is 27.0 Å². The average molecular weight is 473 g/mol. The van der Waals surface area contributed by atoms with Gasteiger partial charge in [-0.05, 0) is 42.2 Å². The molecule has 1 aliphatic heterocycles. The molecule has 1 heterocycles. The van der Waals surface area contributed by atoms with Crippen LogP contribution in [0.1, 0.15) is 24.5 Å². The van der Waals surface area contributed by atoms with Gasteiger partial charge in [-0.2, -0.15) is 0 Å². The van der Waals surface area contributed by atoms with Crippen molar-refractivity contribution in [2.75, 3.05) is 0 Å². The first-order valence-corrected chi connectivity index (χ1v) is 17.9. The van der Waals surface area contributed by atoms with Gasteiger partial charge in [0, 0.05) is 5.57 Å². The summed E-state index contributed by atoms with van der Waals surface area (Å²) in [4.78, 5) is 11.5. The van der Waals surface area contributed by atoms with Gasteiger partial charge >= 0.3 is 5.97 Å². The van der Waals surface area contributed by atoms with Crippen molar-refractivity contribution in [3.05, 3.63) is 114 Å². The lowest BCUT2D eigenvalue weighted by atomic mass is 9.84. The SMILES string of the molecule is CC(=CC[Si]1(C)CCC(c2ccccc2)(c2ccccc2)O[Si]1(C)c1ccccc1)C(=O)O. The molecule has 1 saturated heterocycles. The number of hydrogen-bond donors (Lipinski definition) is 1. The monoisotopic (exact) mass is 472 g/mol. The van der Waals surface area contributed by atoms with Crippen LogP contribution < -0.4 is 5.19 Å². The fourth-order valence-corrected chi connectivity index (χ4v) is 17.9. The van der Waals surface area contributed by atoms with Crippen molar-refractivity contribution in [2.24, 2.45) is 0 Å². The maximum atomic E-state index is 11.5. The fourth-order valence-electron chi connectivity index (χ4n) is 5.13. The van der Waals surface area contributed by atoms with Crippen LogP contribution in [0.4, 0.5) is 0 Å². The standard InChI is InChI=1S/C28H32O3Si2/c1-23(27(29)30)19-21-32(2)22-20-28(24-13-7-4-8-14-24,25-15-9-5-10-16-25)31-33(32,3)26-17-11-6-12-18-26/h4-19H,20-22H2,1-3H3,(H,29,30). The van der Waals surface area contributed by atoms with E-state index in [0.717, 1.165) is 18.5 Å². The topological polar surface area (TPSA) is 46.5 Å². The molecule has 2 atom stereocenters. The second kappa shape index (κ2) is 9.25. The highest BCUT2D eigenvalue weighted by atomic mass is 29.3. The summed E-state index contributed by atoms with van der Waals surface area (Å²) in [5, 5.41) is 10.8. The van der Waals surface area contributed by atoms with Crippen LogP contribution in [0, 0.1) is 0 Å². The number of rotatable bonds is 6. The summed E-state index contributed by atoms with van der Waals surface area (Å²) in [5.74, 6) is -0.838. The maximum absolute atomic E-state index is 11.5. The second-order valence-electron chi connectivity index (χ2n) is 9.52. The van der Waals surface area contributed by atoms with Crippen molar-refractivity contribution in [1.82, 2.24) is 0 Å². The molecule has 2 unspecified atom stereocenters. The van der Waals surface area contributed by atoms with Crippen molar-refractivity contribution in [3.8, 4) is 0 Å². The normalized spacial score (nSPS) is 24.9. The van der Waals surface area contributed by atoms with E-state index in [-0.39, 0.29) is 0 Å². The van der Waals surface area contributed by atoms with E-state index in [9.17, 15) is 9.90 Å². The minimum Gasteiger partial charge on any atom is -0.478 e. The molecule has 0 bridgehead atoms. The molecule has 0 radical (unpaired) electrons. The number of benzene rings is 3. The molecular weight excluding hydrogens is 440 g/mol. The van der Waals surface area contributed by atoms with E-state index in [4.69, 9.17) is 4.43 Å². The number of aliphatic carboxylic acids is 1. The van der Waals surface area contributed by atoms with Gasteiger partial charge in [-0.3, -0.25) is 0 Å². The Labute approximate surface area is 198 Å². The third kappa shape index (κ3) is 4.28. The molecule has 170 valence electrons. The van der Waals surface area contributed by atoms with Crippen LogP contribution in [0.2, 0.25) is 25.2 Å². The number of carbonyl (C=O) groups is 1. The molecule has 0 aromatic heterocycles. The first-order chi connectivity index (χ1) is 15.8. The molecule has 1 N–H and O–H groups in total. The first kappa shape index (κ1) is 23.4. The van der Waals surface area contributed by atoms with E-state index in [1.165, 1.54) is 16.3 Å². The summed E-state index contributed by atoms with van der Waals surface area (Å²) in [6.45, 7) is 6.50. The highest BCUT2D eigenvalue weighted by Gasteiger charge is 2.59. The molecular formula is C28H32O3Si2. The predicted octanol–water partition coefficient (Wildman–Crippen LogP) is 6.02. The maximum Gasteiger partial charge on any atom is 0.330 e. The van der Waals surface area contributed by atoms with Gasteiger partial charge in [0.1, 0.15) is 5.60 Å². The van der Waals surface area contributed by atoms with Gasteiger partial charge in [-0.15, -0.1) is 0 Å². The second-order valence-corrected chi connectivity index (χ2v) is 22.9. The van der Waals surface area contributed by atoms with Crippen molar-refractivity contribution in [2.45, 2.75) is 44.1 Å². The molecule has 0 spiro atoms. The zero-order valence-corrected chi connectivity index (χ0v) is 21.6. The number of allylic oxidation sites excluding steroid dienone is 1. The summed E-state index contributed by atoms with van der Waals surface area (Å²) in [6.07, 6.45) is 2.85. The molecule has 3 aromatic rings. The summed E-state index contributed by atoms with van der Waals surface area (Å²) in [5.41, 5.74) is 2.31. The molecule has 1 aliphatic rings. The Hall–Kier alpha value is -2.74. The van der Waals surface area contributed by atoms with Crippen LogP contribution >= 0.6 is 0 Å². The largest absolute Gasteiger partial charge is 0.478 e. The van der Waals surface area contributed by atoms with E-state index in [1.807, 2.05) is 6.08 Å². The highest BCUT2D eigenvalue weighted by Crippen LogP contribution is 2.49. The van der Waals surface area contributed by atoms with E-state index in [0.29, 0.717) is 5.57 Å². The van der Waals surface area contributed by atoms with E-state index >= 15 is 0 Å². The number of carboxylic acid groups (broad SMARTS) is 1. The molecule has 0 aliphatic carbocycles. The van der Waals surface area contributed by atoms with Gasteiger partial charge in [0.2, 0.25) is 7.83 Å². The van der Waals surface area contributed by atoms with Crippen LogP contribution in [-0.2, 0) is 14.8 Å². The zero-order chi connectivity index (χ0) is 23.5. The Balaban J connectivity index is 1.88. The lowest BCUT2D eigenvalue weighted by Crippen LogP contribution is -2.73. The van der Waals surface area contributed by atoms with Crippen molar-refractivity contribution >= 4 is 26.6 Å². The smallest absolute Gasteiger partial charge is 0.330 e. The van der Waals surface area contributed by atoms with Gasteiger partial charge in [-0.25, -0.2) is 4.79 Å². The molecule has 3 nitrogen and oxygen atoms in total. The Morgan fingerprint density at radius 3 is 1.88 bits per heavy atom.